The molecular weight excluding hydrogens is 366 g/mol. The number of benzene rings is 1. The number of nitrogens with zero attached hydrogens (tertiary/aromatic N) is 3. The van der Waals surface area contributed by atoms with Crippen molar-refractivity contribution >= 4 is 28.5 Å². The summed E-state index contributed by atoms with van der Waals surface area (Å²) in [7, 11) is 0. The normalized spacial score (nSPS) is 19.0. The van der Waals surface area contributed by atoms with E-state index in [1.807, 2.05) is 29.6 Å². The fourth-order valence-corrected chi connectivity index (χ4v) is 4.35. The van der Waals surface area contributed by atoms with Gasteiger partial charge in [0.25, 0.3) is 0 Å². The van der Waals surface area contributed by atoms with Gasteiger partial charge in [-0.1, -0.05) is 37.1 Å². The average molecular weight is 388 g/mol. The van der Waals surface area contributed by atoms with Crippen LogP contribution in [0, 0.1) is 11.3 Å². The number of allylic oxidation sites excluding steroid dienone is 1. The zero-order valence-electron chi connectivity index (χ0n) is 14.8. The Kier molecular flexibility index (Phi) is 6.31. The molecule has 0 aliphatic carbocycles. The van der Waals surface area contributed by atoms with Crippen LogP contribution in [0.15, 0.2) is 35.4 Å². The van der Waals surface area contributed by atoms with Crippen LogP contribution >= 0.6 is 22.9 Å². The molecule has 1 fully saturated rings. The van der Waals surface area contributed by atoms with Gasteiger partial charge in [0.2, 0.25) is 0 Å². The Hall–Kier alpha value is -1.87. The van der Waals surface area contributed by atoms with Crippen molar-refractivity contribution < 1.29 is 5.11 Å². The third kappa shape index (κ3) is 4.27. The van der Waals surface area contributed by atoms with Crippen LogP contribution in [0.5, 0.6) is 0 Å². The minimum absolute atomic E-state index is 0.116. The maximum atomic E-state index is 10.6. The molecule has 1 aromatic carbocycles. The van der Waals surface area contributed by atoms with E-state index in [1.54, 1.807) is 0 Å². The Morgan fingerprint density at radius 1 is 1.38 bits per heavy atom. The molecule has 1 aliphatic rings. The molecule has 1 atom stereocenters. The molecule has 1 aliphatic heterocycles. The van der Waals surface area contributed by atoms with Crippen LogP contribution in [0.25, 0.3) is 16.8 Å². The Labute approximate surface area is 163 Å². The summed E-state index contributed by atoms with van der Waals surface area (Å²) in [6.07, 6.45) is 4.60. The van der Waals surface area contributed by atoms with E-state index in [0.717, 1.165) is 37.1 Å². The highest BCUT2D eigenvalue weighted by Crippen LogP contribution is 2.29. The molecule has 0 spiro atoms. The first-order chi connectivity index (χ1) is 12.6. The highest BCUT2D eigenvalue weighted by atomic mass is 35.5. The molecule has 4 nitrogen and oxygen atoms in total. The van der Waals surface area contributed by atoms with Crippen LogP contribution in [0.1, 0.15) is 37.6 Å². The summed E-state index contributed by atoms with van der Waals surface area (Å²) in [6.45, 7) is 3.56. The predicted molar refractivity (Wildman–Crippen MR) is 107 cm³/mol. The largest absolute Gasteiger partial charge is 0.509 e. The van der Waals surface area contributed by atoms with Crippen LogP contribution in [-0.2, 0) is 0 Å². The topological polar surface area (TPSA) is 60.1 Å². The van der Waals surface area contributed by atoms with Gasteiger partial charge in [0.1, 0.15) is 22.4 Å². The molecule has 0 saturated carbocycles. The molecule has 3 rings (SSSR count). The summed E-state index contributed by atoms with van der Waals surface area (Å²) >= 11 is 7.30. The third-order valence-corrected chi connectivity index (χ3v) is 5.94. The number of halogens is 1. The molecule has 0 unspecified atom stereocenters. The van der Waals surface area contributed by atoms with E-state index in [-0.39, 0.29) is 11.3 Å². The van der Waals surface area contributed by atoms with Gasteiger partial charge in [-0.3, -0.25) is 4.90 Å². The van der Waals surface area contributed by atoms with E-state index in [2.05, 4.69) is 22.9 Å². The number of aromatic nitrogens is 1. The summed E-state index contributed by atoms with van der Waals surface area (Å²) in [5.74, 6) is 0.116. The zero-order chi connectivity index (χ0) is 18.5. The van der Waals surface area contributed by atoms with Crippen molar-refractivity contribution in [3.8, 4) is 17.3 Å². The first kappa shape index (κ1) is 18.9. The first-order valence-electron chi connectivity index (χ1n) is 8.90. The van der Waals surface area contributed by atoms with Gasteiger partial charge in [-0.25, -0.2) is 4.98 Å². The lowest BCUT2D eigenvalue weighted by Crippen LogP contribution is -2.40. The summed E-state index contributed by atoms with van der Waals surface area (Å²) in [4.78, 5) is 6.83. The van der Waals surface area contributed by atoms with Crippen LogP contribution in [0.2, 0.25) is 5.02 Å². The summed E-state index contributed by atoms with van der Waals surface area (Å²) in [5, 5.41) is 23.3. The highest BCUT2D eigenvalue weighted by molar-refractivity contribution is 7.11. The minimum atomic E-state index is 0.116. The Balaban J connectivity index is 1.82. The molecule has 2 heterocycles. The number of aliphatic hydroxyl groups is 1. The second-order valence-corrected chi connectivity index (χ2v) is 7.80. The van der Waals surface area contributed by atoms with Gasteiger partial charge in [-0.2, -0.15) is 5.26 Å². The van der Waals surface area contributed by atoms with Crippen molar-refractivity contribution in [1.82, 2.24) is 9.88 Å². The Bertz CT molecular complexity index is 822. The van der Waals surface area contributed by atoms with Crippen LogP contribution in [-0.4, -0.2) is 34.1 Å². The van der Waals surface area contributed by atoms with Gasteiger partial charge >= 0.3 is 0 Å². The molecule has 26 heavy (non-hydrogen) atoms. The zero-order valence-corrected chi connectivity index (χ0v) is 16.4. The van der Waals surface area contributed by atoms with Crippen molar-refractivity contribution in [2.24, 2.45) is 0 Å². The number of piperidine rings is 1. The first-order valence-corrected chi connectivity index (χ1v) is 10.2. The SMILES string of the molecule is CC[C@H]1CCCCN1C/C(O)=C(\C#N)c1nc(-c2ccc(Cl)cc2)cs1. The molecule has 136 valence electrons. The fourth-order valence-electron chi connectivity index (χ4n) is 3.38. The quantitative estimate of drug-likeness (QED) is 0.542. The lowest BCUT2D eigenvalue weighted by Gasteiger charge is -2.34. The number of aliphatic hydroxyl groups excluding tert-OH is 1. The van der Waals surface area contributed by atoms with Gasteiger partial charge in [0, 0.05) is 22.0 Å². The monoisotopic (exact) mass is 387 g/mol. The molecule has 0 amide bonds. The van der Waals surface area contributed by atoms with Gasteiger partial charge in [-0.05, 0) is 37.9 Å². The average Bonchev–Trinajstić information content (AvgIpc) is 3.13. The summed E-state index contributed by atoms with van der Waals surface area (Å²) in [6, 6.07) is 10.1. The van der Waals surface area contributed by atoms with Crippen molar-refractivity contribution in [3.05, 3.63) is 45.4 Å². The van der Waals surface area contributed by atoms with E-state index < -0.39 is 0 Å². The van der Waals surface area contributed by atoms with Gasteiger partial charge in [0.15, 0.2) is 0 Å². The molecule has 1 aromatic heterocycles. The van der Waals surface area contributed by atoms with E-state index in [4.69, 9.17) is 11.6 Å². The molecular formula is C20H22ClN3OS. The van der Waals surface area contributed by atoms with E-state index >= 15 is 0 Å². The Morgan fingerprint density at radius 2 is 2.15 bits per heavy atom. The van der Waals surface area contributed by atoms with Crippen molar-refractivity contribution in [3.63, 3.8) is 0 Å². The van der Waals surface area contributed by atoms with Crippen LogP contribution in [0.4, 0.5) is 0 Å². The number of hydrogen-bond acceptors (Lipinski definition) is 5. The predicted octanol–water partition coefficient (Wildman–Crippen LogP) is 5.52. The third-order valence-electron chi connectivity index (χ3n) is 4.83. The van der Waals surface area contributed by atoms with Gasteiger partial charge in [-0.15, -0.1) is 11.3 Å². The Morgan fingerprint density at radius 3 is 2.85 bits per heavy atom. The number of thiazole rings is 1. The molecule has 1 saturated heterocycles. The maximum Gasteiger partial charge on any atom is 0.138 e. The van der Waals surface area contributed by atoms with Gasteiger partial charge in [0.05, 0.1) is 12.2 Å². The van der Waals surface area contributed by atoms with E-state index in [9.17, 15) is 10.4 Å². The van der Waals surface area contributed by atoms with Crippen molar-refractivity contribution in [1.29, 1.82) is 5.26 Å². The molecule has 0 bridgehead atoms. The standard InChI is InChI=1S/C20H22ClN3OS/c1-2-16-5-3-4-10-24(16)12-19(25)17(11-22)20-23-18(13-26-20)14-6-8-15(21)9-7-14/h6-9,13,16,25H,2-5,10,12H2,1H3/b19-17-/t16-/m0/s1. The number of likely N-dealkylation sites (tertiary alicyclic amines) is 1. The number of rotatable bonds is 5. The molecule has 6 heteroatoms. The molecule has 0 radical (unpaired) electrons. The fraction of sp³-hybridized carbons (Fsp3) is 0.400. The van der Waals surface area contributed by atoms with E-state index in [0.29, 0.717) is 22.6 Å². The van der Waals surface area contributed by atoms with Crippen molar-refractivity contribution in [2.75, 3.05) is 13.1 Å². The highest BCUT2D eigenvalue weighted by Gasteiger charge is 2.23. The number of hydrogen-bond donors (Lipinski definition) is 1. The van der Waals surface area contributed by atoms with Gasteiger partial charge < -0.3 is 5.11 Å². The molecule has 1 N–H and O–H groups in total. The van der Waals surface area contributed by atoms with Crippen molar-refractivity contribution in [2.45, 2.75) is 38.6 Å². The maximum absolute atomic E-state index is 10.6. The minimum Gasteiger partial charge on any atom is -0.509 e. The number of nitriles is 1. The van der Waals surface area contributed by atoms with Crippen LogP contribution in [0.3, 0.4) is 0 Å². The summed E-state index contributed by atoms with van der Waals surface area (Å²) in [5.41, 5.74) is 2.00. The van der Waals surface area contributed by atoms with Crippen LogP contribution < -0.4 is 0 Å². The summed E-state index contributed by atoms with van der Waals surface area (Å²) < 4.78 is 0. The molecule has 2 aromatic rings. The second kappa shape index (κ2) is 8.68. The lowest BCUT2D eigenvalue weighted by molar-refractivity contribution is 0.140. The second-order valence-electron chi connectivity index (χ2n) is 6.51. The lowest BCUT2D eigenvalue weighted by atomic mass is 10.00. The van der Waals surface area contributed by atoms with E-state index in [1.165, 1.54) is 17.8 Å². The smallest absolute Gasteiger partial charge is 0.138 e.